The summed E-state index contributed by atoms with van der Waals surface area (Å²) >= 11 is 5.70. The monoisotopic (exact) mass is 498 g/mol. The van der Waals surface area contributed by atoms with Crippen LogP contribution in [0.4, 0.5) is 14.5 Å². The minimum atomic E-state index is -1.18. The predicted octanol–water partition coefficient (Wildman–Crippen LogP) is 5.28. The predicted molar refractivity (Wildman–Crippen MR) is 128 cm³/mol. The molecule has 1 amide bonds. The molecule has 1 fully saturated rings. The van der Waals surface area contributed by atoms with E-state index in [4.69, 9.17) is 16.3 Å². The molecule has 5 rings (SSSR count). The van der Waals surface area contributed by atoms with E-state index in [0.29, 0.717) is 29.5 Å². The van der Waals surface area contributed by atoms with Gasteiger partial charge in [-0.2, -0.15) is 5.10 Å². The number of amides is 1. The molecule has 1 unspecified atom stereocenters. The molecule has 0 aliphatic carbocycles. The molecule has 1 aliphatic heterocycles. The van der Waals surface area contributed by atoms with E-state index < -0.39 is 29.6 Å². The van der Waals surface area contributed by atoms with Gasteiger partial charge in [0.05, 0.1) is 17.4 Å². The summed E-state index contributed by atoms with van der Waals surface area (Å²) in [6, 6.07) is 5.83. The summed E-state index contributed by atoms with van der Waals surface area (Å²) < 4.78 is 36.8. The summed E-state index contributed by atoms with van der Waals surface area (Å²) in [5.74, 6) is -3.72. The van der Waals surface area contributed by atoms with E-state index in [1.54, 1.807) is 31.3 Å². The number of carbonyl (C=O) groups is 2. The molecule has 1 aliphatic rings. The molecule has 2 aromatic heterocycles. The first-order valence-electron chi connectivity index (χ1n) is 11.2. The molecule has 1 saturated heterocycles. The topological polar surface area (TPSA) is 86.1 Å². The maximum atomic E-state index is 15.0. The number of aryl methyl sites for hydroxylation is 1. The summed E-state index contributed by atoms with van der Waals surface area (Å²) in [7, 11) is 0. The number of carbonyl (C=O) groups excluding carboxylic acids is 2. The highest BCUT2D eigenvalue weighted by atomic mass is 35.5. The lowest BCUT2D eigenvalue weighted by molar-refractivity contribution is -0.113. The van der Waals surface area contributed by atoms with Crippen molar-refractivity contribution in [3.05, 3.63) is 65.0 Å². The van der Waals surface area contributed by atoms with E-state index in [1.807, 2.05) is 0 Å². The summed E-state index contributed by atoms with van der Waals surface area (Å²) in [6.45, 7) is 2.27. The Labute approximate surface area is 204 Å². The second-order valence-corrected chi connectivity index (χ2v) is 8.69. The van der Waals surface area contributed by atoms with Crippen LogP contribution in [0.25, 0.3) is 21.8 Å². The molecular weight excluding hydrogens is 478 g/mol. The lowest BCUT2D eigenvalue weighted by Gasteiger charge is -2.23. The standard InChI is InChI=1S/C25H21ClF2N4O3/c1-13-9-16(23(31-19(33)11-26)14-5-4-7-29-22(13)14)25(34)15-10-18(27)21(28)24-17(15)12-30-32(24)20-6-2-3-8-35-20/h4-5,7,9-10,12,20H,2-3,6,8,11H2,1H3,(H,31,33). The molecule has 1 atom stereocenters. The van der Waals surface area contributed by atoms with Crippen LogP contribution in [0.3, 0.4) is 0 Å². The summed E-state index contributed by atoms with van der Waals surface area (Å²) in [4.78, 5) is 30.4. The number of hydrogen-bond acceptors (Lipinski definition) is 5. The van der Waals surface area contributed by atoms with Gasteiger partial charge in [0.25, 0.3) is 0 Å². The van der Waals surface area contributed by atoms with Crippen LogP contribution >= 0.6 is 11.6 Å². The van der Waals surface area contributed by atoms with Gasteiger partial charge in [0.15, 0.2) is 23.6 Å². The van der Waals surface area contributed by atoms with Crippen LogP contribution in [0.15, 0.2) is 36.7 Å². The zero-order chi connectivity index (χ0) is 24.7. The smallest absolute Gasteiger partial charge is 0.239 e. The summed E-state index contributed by atoms with van der Waals surface area (Å²) in [5, 5.41) is 7.60. The van der Waals surface area contributed by atoms with Gasteiger partial charge in [0.2, 0.25) is 5.91 Å². The highest BCUT2D eigenvalue weighted by Gasteiger charge is 2.28. The first-order valence-corrected chi connectivity index (χ1v) is 11.7. The van der Waals surface area contributed by atoms with Crippen LogP contribution in [0.5, 0.6) is 0 Å². The lowest BCUT2D eigenvalue weighted by atomic mass is 9.94. The number of nitrogens with zero attached hydrogens (tertiary/aromatic N) is 3. The maximum Gasteiger partial charge on any atom is 0.239 e. The lowest BCUT2D eigenvalue weighted by Crippen LogP contribution is -2.20. The Morgan fingerprint density at radius 3 is 2.80 bits per heavy atom. The van der Waals surface area contributed by atoms with Crippen LogP contribution in [0.1, 0.15) is 47.0 Å². The normalized spacial score (nSPS) is 16.1. The Bertz CT molecular complexity index is 1480. The van der Waals surface area contributed by atoms with Gasteiger partial charge >= 0.3 is 0 Å². The Morgan fingerprint density at radius 1 is 1.23 bits per heavy atom. The Kier molecular flexibility index (Phi) is 6.21. The third-order valence-electron chi connectivity index (χ3n) is 6.16. The number of aromatic nitrogens is 3. The van der Waals surface area contributed by atoms with Crippen LogP contribution in [-0.4, -0.2) is 38.9 Å². The average molecular weight is 499 g/mol. The number of anilines is 1. The molecule has 0 bridgehead atoms. The van der Waals surface area contributed by atoms with Gasteiger partial charge < -0.3 is 10.1 Å². The number of pyridine rings is 1. The number of ketones is 1. The van der Waals surface area contributed by atoms with Crippen LogP contribution < -0.4 is 5.32 Å². The fraction of sp³-hybridized carbons (Fsp3) is 0.280. The fourth-order valence-corrected chi connectivity index (χ4v) is 4.60. The highest BCUT2D eigenvalue weighted by molar-refractivity contribution is 6.30. The van der Waals surface area contributed by atoms with E-state index in [1.165, 1.54) is 10.9 Å². The average Bonchev–Trinajstić information content (AvgIpc) is 3.33. The third-order valence-corrected chi connectivity index (χ3v) is 6.40. The molecule has 0 radical (unpaired) electrons. The number of rotatable bonds is 5. The van der Waals surface area contributed by atoms with Crippen molar-refractivity contribution in [1.82, 2.24) is 14.8 Å². The van der Waals surface area contributed by atoms with Gasteiger partial charge in [0.1, 0.15) is 11.4 Å². The zero-order valence-electron chi connectivity index (χ0n) is 18.8. The molecule has 3 heterocycles. The highest BCUT2D eigenvalue weighted by Crippen LogP contribution is 2.35. The van der Waals surface area contributed by atoms with E-state index in [0.717, 1.165) is 18.9 Å². The zero-order valence-corrected chi connectivity index (χ0v) is 19.5. The summed E-state index contributed by atoms with van der Waals surface area (Å²) in [5.41, 5.74) is 1.37. The molecular formula is C25H21ClF2N4O3. The minimum absolute atomic E-state index is 0.0787. The van der Waals surface area contributed by atoms with Crippen molar-refractivity contribution in [2.24, 2.45) is 0 Å². The van der Waals surface area contributed by atoms with E-state index in [-0.39, 0.29) is 33.6 Å². The number of hydrogen-bond donors (Lipinski definition) is 1. The number of fused-ring (bicyclic) bond motifs is 2. The number of benzene rings is 2. The maximum absolute atomic E-state index is 15.0. The minimum Gasteiger partial charge on any atom is -0.356 e. The van der Waals surface area contributed by atoms with Crippen molar-refractivity contribution in [3.8, 4) is 0 Å². The Morgan fingerprint density at radius 2 is 2.06 bits per heavy atom. The SMILES string of the molecule is Cc1cc(C(=O)c2cc(F)c(F)c3c2cnn3C2CCCCO2)c(NC(=O)CCl)c2cccnc12. The second-order valence-electron chi connectivity index (χ2n) is 8.42. The molecule has 0 saturated carbocycles. The number of halogens is 3. The first kappa shape index (κ1) is 23.3. The van der Waals surface area contributed by atoms with Crippen LogP contribution in [0, 0.1) is 18.6 Å². The van der Waals surface area contributed by atoms with Crippen molar-refractivity contribution in [2.45, 2.75) is 32.4 Å². The number of alkyl halides is 1. The van der Waals surface area contributed by atoms with Crippen molar-refractivity contribution in [3.63, 3.8) is 0 Å². The largest absolute Gasteiger partial charge is 0.356 e. The van der Waals surface area contributed by atoms with E-state index in [9.17, 15) is 18.4 Å². The van der Waals surface area contributed by atoms with Crippen LogP contribution in [0.2, 0.25) is 0 Å². The van der Waals surface area contributed by atoms with Gasteiger partial charge in [-0.1, -0.05) is 0 Å². The van der Waals surface area contributed by atoms with Crippen LogP contribution in [-0.2, 0) is 9.53 Å². The molecule has 10 heteroatoms. The molecule has 35 heavy (non-hydrogen) atoms. The fourth-order valence-electron chi connectivity index (χ4n) is 4.54. The second kappa shape index (κ2) is 9.31. The van der Waals surface area contributed by atoms with Crippen molar-refractivity contribution >= 4 is 50.8 Å². The van der Waals surface area contributed by atoms with Crippen molar-refractivity contribution < 1.29 is 23.1 Å². The van der Waals surface area contributed by atoms with E-state index in [2.05, 4.69) is 15.4 Å². The molecule has 7 nitrogen and oxygen atoms in total. The number of nitrogens with one attached hydrogen (secondary N) is 1. The van der Waals surface area contributed by atoms with Gasteiger partial charge in [0, 0.05) is 34.7 Å². The molecule has 2 aromatic carbocycles. The van der Waals surface area contributed by atoms with Gasteiger partial charge in [-0.3, -0.25) is 14.6 Å². The number of ether oxygens (including phenoxy) is 1. The van der Waals surface area contributed by atoms with Crippen molar-refractivity contribution in [1.29, 1.82) is 0 Å². The van der Waals surface area contributed by atoms with Gasteiger partial charge in [-0.05, 0) is 56.0 Å². The third kappa shape index (κ3) is 4.04. The molecule has 1 N–H and O–H groups in total. The molecule has 180 valence electrons. The quantitative estimate of drug-likeness (QED) is 0.299. The Balaban J connectivity index is 1.71. The molecule has 4 aromatic rings. The Hall–Kier alpha value is -3.43. The van der Waals surface area contributed by atoms with E-state index >= 15 is 0 Å². The summed E-state index contributed by atoms with van der Waals surface area (Å²) in [6.07, 6.45) is 4.74. The van der Waals surface area contributed by atoms with Gasteiger partial charge in [-0.25, -0.2) is 13.5 Å². The van der Waals surface area contributed by atoms with Gasteiger partial charge in [-0.15, -0.1) is 11.6 Å². The molecule has 0 spiro atoms. The van der Waals surface area contributed by atoms with Crippen molar-refractivity contribution in [2.75, 3.05) is 17.8 Å². The first-order chi connectivity index (χ1) is 16.9.